The van der Waals surface area contributed by atoms with Gasteiger partial charge in [0.1, 0.15) is 0 Å². The lowest BCUT2D eigenvalue weighted by Crippen LogP contribution is -2.52. The molecule has 0 aliphatic heterocycles. The van der Waals surface area contributed by atoms with Gasteiger partial charge in [-0.1, -0.05) is 31.3 Å². The number of nitrogens with two attached hydrogens (primary N) is 1. The Morgan fingerprint density at radius 2 is 2.06 bits per heavy atom. The summed E-state index contributed by atoms with van der Waals surface area (Å²) in [4.78, 5) is 0. The van der Waals surface area contributed by atoms with Crippen molar-refractivity contribution in [3.8, 4) is 0 Å². The van der Waals surface area contributed by atoms with Crippen LogP contribution in [0.4, 0.5) is 0 Å². The van der Waals surface area contributed by atoms with Gasteiger partial charge in [0, 0.05) is 6.54 Å². The Bertz CT molecular complexity index is 377. The van der Waals surface area contributed by atoms with Crippen LogP contribution in [0.3, 0.4) is 0 Å². The van der Waals surface area contributed by atoms with Crippen LogP contribution in [0.1, 0.15) is 39.0 Å². The maximum Gasteiger partial charge on any atom is 0.277 e. The number of amidine groups is 1. The molecule has 18 heavy (non-hydrogen) atoms. The van der Waals surface area contributed by atoms with Crippen LogP contribution >= 0.6 is 0 Å². The summed E-state index contributed by atoms with van der Waals surface area (Å²) in [6.45, 7) is 1.99. The van der Waals surface area contributed by atoms with E-state index in [-0.39, 0.29) is 11.8 Å². The second-order valence-corrected chi connectivity index (χ2v) is 6.05. The van der Waals surface area contributed by atoms with Crippen molar-refractivity contribution in [2.75, 3.05) is 6.54 Å². The summed E-state index contributed by atoms with van der Waals surface area (Å²) in [5, 5.41) is 11.7. The average molecular weight is 278 g/mol. The Labute approximate surface area is 108 Å². The quantitative estimate of drug-likeness (QED) is 0.239. The molecule has 8 heteroatoms. The van der Waals surface area contributed by atoms with Gasteiger partial charge >= 0.3 is 0 Å². The minimum Gasteiger partial charge on any atom is -0.409 e. The fourth-order valence-corrected chi connectivity index (χ4v) is 3.44. The van der Waals surface area contributed by atoms with Crippen molar-refractivity contribution in [2.24, 2.45) is 16.8 Å². The Balaban J connectivity index is 2.78. The number of hydrogen-bond donors (Lipinski definition) is 4. The number of rotatable bonds is 6. The maximum absolute atomic E-state index is 11.7. The highest BCUT2D eigenvalue weighted by atomic mass is 32.2. The van der Waals surface area contributed by atoms with Crippen LogP contribution in [0, 0.1) is 5.92 Å². The molecule has 1 rings (SSSR count). The topological polar surface area (TPSA) is 117 Å². The summed E-state index contributed by atoms with van der Waals surface area (Å²) in [6, 6.07) is -0.639. The normalized spacial score (nSPS) is 20.8. The molecule has 0 saturated heterocycles. The highest BCUT2D eigenvalue weighted by Crippen LogP contribution is 2.26. The van der Waals surface area contributed by atoms with Crippen molar-refractivity contribution in [1.82, 2.24) is 9.44 Å². The summed E-state index contributed by atoms with van der Waals surface area (Å²) < 4.78 is 28.2. The molecular weight excluding hydrogens is 256 g/mol. The molecule has 1 unspecified atom stereocenters. The summed E-state index contributed by atoms with van der Waals surface area (Å²) in [7, 11) is -3.61. The van der Waals surface area contributed by atoms with Gasteiger partial charge in [0.15, 0.2) is 5.84 Å². The molecule has 0 amide bonds. The molecule has 7 nitrogen and oxygen atoms in total. The van der Waals surface area contributed by atoms with Crippen molar-refractivity contribution >= 4 is 16.0 Å². The van der Waals surface area contributed by atoms with Gasteiger partial charge in [0.25, 0.3) is 10.2 Å². The molecule has 0 radical (unpaired) electrons. The molecule has 1 fully saturated rings. The second kappa shape index (κ2) is 6.91. The minimum absolute atomic E-state index is 0.0802. The Kier molecular flexibility index (Phi) is 5.83. The largest absolute Gasteiger partial charge is 0.409 e. The maximum atomic E-state index is 11.7. The van der Waals surface area contributed by atoms with Gasteiger partial charge in [0.05, 0.1) is 6.04 Å². The summed E-state index contributed by atoms with van der Waals surface area (Å²) in [5.41, 5.74) is 5.60. The predicted octanol–water partition coefficient (Wildman–Crippen LogP) is 0.126. The van der Waals surface area contributed by atoms with Gasteiger partial charge in [-0.15, -0.1) is 0 Å². The third-order valence-corrected chi connectivity index (χ3v) is 4.40. The van der Waals surface area contributed by atoms with E-state index < -0.39 is 16.3 Å². The molecule has 0 spiro atoms. The van der Waals surface area contributed by atoms with Crippen LogP contribution in [-0.2, 0) is 10.2 Å². The van der Waals surface area contributed by atoms with Gasteiger partial charge in [0.2, 0.25) is 0 Å². The van der Waals surface area contributed by atoms with Crippen LogP contribution in [0.25, 0.3) is 0 Å². The third kappa shape index (κ3) is 4.43. The minimum atomic E-state index is -3.61. The van der Waals surface area contributed by atoms with Crippen LogP contribution < -0.4 is 15.2 Å². The summed E-state index contributed by atoms with van der Waals surface area (Å²) in [5.74, 6) is 0.00598. The number of nitrogens with one attached hydrogen (secondary N) is 2. The molecule has 0 aromatic heterocycles. The highest BCUT2D eigenvalue weighted by Gasteiger charge is 2.30. The SMILES string of the molecule is CCNS(=O)(=O)NC(C(N)=NO)C1CCCCC1. The molecule has 1 aliphatic carbocycles. The van der Waals surface area contributed by atoms with E-state index in [1.165, 1.54) is 0 Å². The molecule has 0 bridgehead atoms. The van der Waals surface area contributed by atoms with Gasteiger partial charge in [-0.25, -0.2) is 4.72 Å². The van der Waals surface area contributed by atoms with Crippen LogP contribution in [-0.4, -0.2) is 32.0 Å². The molecule has 5 N–H and O–H groups in total. The standard InChI is InChI=1S/C10H22N4O3S/c1-2-12-18(16,17)14-9(10(11)13-15)8-6-4-3-5-7-8/h8-9,12,14-15H,2-7H2,1H3,(H2,11,13). The van der Waals surface area contributed by atoms with E-state index in [0.29, 0.717) is 6.54 Å². The van der Waals surface area contributed by atoms with E-state index >= 15 is 0 Å². The lowest BCUT2D eigenvalue weighted by molar-refractivity contribution is 0.297. The first-order chi connectivity index (χ1) is 8.50. The fourth-order valence-electron chi connectivity index (χ4n) is 2.33. The van der Waals surface area contributed by atoms with Gasteiger partial charge in [-0.3, -0.25) is 0 Å². The van der Waals surface area contributed by atoms with E-state index in [1.54, 1.807) is 6.92 Å². The zero-order chi connectivity index (χ0) is 13.6. The van der Waals surface area contributed by atoms with Crippen molar-refractivity contribution in [3.05, 3.63) is 0 Å². The van der Waals surface area contributed by atoms with E-state index in [9.17, 15) is 8.42 Å². The predicted molar refractivity (Wildman–Crippen MR) is 69.5 cm³/mol. The molecule has 1 aliphatic rings. The molecule has 0 aromatic rings. The van der Waals surface area contributed by atoms with Gasteiger partial charge in [-0.05, 0) is 18.8 Å². The molecular formula is C10H22N4O3S. The second-order valence-electron chi connectivity index (χ2n) is 4.52. The van der Waals surface area contributed by atoms with Gasteiger partial charge < -0.3 is 10.9 Å². The highest BCUT2D eigenvalue weighted by molar-refractivity contribution is 7.87. The monoisotopic (exact) mass is 278 g/mol. The first-order valence-electron chi connectivity index (χ1n) is 6.24. The van der Waals surface area contributed by atoms with Crippen molar-refractivity contribution < 1.29 is 13.6 Å². The van der Waals surface area contributed by atoms with E-state index in [4.69, 9.17) is 10.9 Å². The zero-order valence-electron chi connectivity index (χ0n) is 10.6. The Morgan fingerprint density at radius 3 is 2.56 bits per heavy atom. The summed E-state index contributed by atoms with van der Waals surface area (Å²) >= 11 is 0. The van der Waals surface area contributed by atoms with Crippen LogP contribution in [0.15, 0.2) is 5.16 Å². The van der Waals surface area contributed by atoms with Crippen molar-refractivity contribution in [3.63, 3.8) is 0 Å². The van der Waals surface area contributed by atoms with E-state index in [1.807, 2.05) is 0 Å². The number of nitrogens with zero attached hydrogens (tertiary/aromatic N) is 1. The molecule has 1 atom stereocenters. The molecule has 0 aromatic carbocycles. The first kappa shape index (κ1) is 15.2. The molecule has 0 heterocycles. The lowest BCUT2D eigenvalue weighted by Gasteiger charge is -2.29. The Hall–Kier alpha value is -0.860. The van der Waals surface area contributed by atoms with E-state index in [2.05, 4.69) is 14.6 Å². The van der Waals surface area contributed by atoms with Gasteiger partial charge in [-0.2, -0.15) is 13.1 Å². The number of oxime groups is 1. The molecule has 1 saturated carbocycles. The first-order valence-corrected chi connectivity index (χ1v) is 7.72. The average Bonchev–Trinajstić information content (AvgIpc) is 2.36. The lowest BCUT2D eigenvalue weighted by atomic mass is 9.84. The fraction of sp³-hybridized carbons (Fsp3) is 0.900. The zero-order valence-corrected chi connectivity index (χ0v) is 11.4. The van der Waals surface area contributed by atoms with Crippen LogP contribution in [0.2, 0.25) is 0 Å². The summed E-state index contributed by atoms with van der Waals surface area (Å²) in [6.07, 6.45) is 5.01. The third-order valence-electron chi connectivity index (χ3n) is 3.17. The number of hydrogen-bond acceptors (Lipinski definition) is 4. The smallest absolute Gasteiger partial charge is 0.277 e. The van der Waals surface area contributed by atoms with Crippen LogP contribution in [0.5, 0.6) is 0 Å². The van der Waals surface area contributed by atoms with E-state index in [0.717, 1.165) is 32.1 Å². The van der Waals surface area contributed by atoms with Crippen molar-refractivity contribution in [2.45, 2.75) is 45.1 Å². The molecule has 106 valence electrons. The van der Waals surface area contributed by atoms with Crippen molar-refractivity contribution in [1.29, 1.82) is 0 Å². The Morgan fingerprint density at radius 1 is 1.44 bits per heavy atom.